The molecule has 2 heterocycles. The Morgan fingerprint density at radius 2 is 2.08 bits per heavy atom. The quantitative estimate of drug-likeness (QED) is 0.920. The van der Waals surface area contributed by atoms with Crippen molar-refractivity contribution in [2.75, 3.05) is 32.1 Å². The Morgan fingerprint density at radius 1 is 1.32 bits per heavy atom. The van der Waals surface area contributed by atoms with Crippen LogP contribution in [-0.2, 0) is 4.79 Å². The van der Waals surface area contributed by atoms with E-state index in [0.29, 0.717) is 6.54 Å². The summed E-state index contributed by atoms with van der Waals surface area (Å²) in [5, 5.41) is 2.70. The van der Waals surface area contributed by atoms with E-state index in [4.69, 9.17) is 0 Å². The summed E-state index contributed by atoms with van der Waals surface area (Å²) in [5.74, 6) is -1.31. The molecule has 1 aromatic carbocycles. The lowest BCUT2D eigenvalue weighted by molar-refractivity contribution is -0.128. The van der Waals surface area contributed by atoms with Gasteiger partial charge in [0.05, 0.1) is 0 Å². The molecular formula is C18H19FN4O2. The normalized spacial score (nSPS) is 17.2. The first-order valence-electron chi connectivity index (χ1n) is 7.95. The van der Waals surface area contributed by atoms with E-state index in [2.05, 4.69) is 10.3 Å². The summed E-state index contributed by atoms with van der Waals surface area (Å²) in [6.07, 6.45) is 1.55. The van der Waals surface area contributed by atoms with Gasteiger partial charge in [0.15, 0.2) is 0 Å². The van der Waals surface area contributed by atoms with Gasteiger partial charge in [-0.1, -0.05) is 18.2 Å². The van der Waals surface area contributed by atoms with Crippen molar-refractivity contribution < 1.29 is 14.0 Å². The lowest BCUT2D eigenvalue weighted by Gasteiger charge is -2.35. The van der Waals surface area contributed by atoms with Gasteiger partial charge in [-0.2, -0.15) is 0 Å². The third kappa shape index (κ3) is 3.31. The second-order valence-corrected chi connectivity index (χ2v) is 6.01. The zero-order valence-corrected chi connectivity index (χ0v) is 14.1. The minimum atomic E-state index is -1.01. The highest BCUT2D eigenvalue weighted by Gasteiger charge is 2.36. The summed E-state index contributed by atoms with van der Waals surface area (Å²) in [7, 11) is 3.72. The molecule has 3 rings (SSSR count). The monoisotopic (exact) mass is 342 g/mol. The maximum atomic E-state index is 14.2. The molecule has 0 radical (unpaired) electrons. The van der Waals surface area contributed by atoms with E-state index in [9.17, 15) is 14.0 Å². The molecule has 0 bridgehead atoms. The van der Waals surface area contributed by atoms with Gasteiger partial charge >= 0.3 is 0 Å². The Balaban J connectivity index is 1.98. The highest BCUT2D eigenvalue weighted by molar-refractivity contribution is 5.97. The molecule has 6 nitrogen and oxygen atoms in total. The molecule has 25 heavy (non-hydrogen) atoms. The highest BCUT2D eigenvalue weighted by atomic mass is 19.1. The van der Waals surface area contributed by atoms with E-state index in [1.807, 2.05) is 19.0 Å². The Bertz CT molecular complexity index is 809. The maximum absolute atomic E-state index is 14.2. The van der Waals surface area contributed by atoms with Gasteiger partial charge in [0, 0.05) is 44.6 Å². The molecule has 1 fully saturated rings. The van der Waals surface area contributed by atoms with Crippen LogP contribution in [0.5, 0.6) is 0 Å². The van der Waals surface area contributed by atoms with Crippen LogP contribution >= 0.6 is 0 Å². The zero-order chi connectivity index (χ0) is 18.0. The van der Waals surface area contributed by atoms with Crippen molar-refractivity contribution in [3.8, 4) is 0 Å². The van der Waals surface area contributed by atoms with E-state index < -0.39 is 23.7 Å². The number of benzene rings is 1. The third-order valence-corrected chi connectivity index (χ3v) is 4.15. The molecule has 0 spiro atoms. The van der Waals surface area contributed by atoms with E-state index in [0.717, 1.165) is 5.69 Å². The molecule has 0 aliphatic carbocycles. The van der Waals surface area contributed by atoms with Crippen molar-refractivity contribution in [1.29, 1.82) is 0 Å². The van der Waals surface area contributed by atoms with Gasteiger partial charge in [0.25, 0.3) is 5.91 Å². The average molecular weight is 342 g/mol. The van der Waals surface area contributed by atoms with E-state index in [-0.39, 0.29) is 17.8 Å². The molecule has 0 unspecified atom stereocenters. The van der Waals surface area contributed by atoms with Gasteiger partial charge in [-0.25, -0.2) is 4.39 Å². The van der Waals surface area contributed by atoms with Gasteiger partial charge in [-0.05, 0) is 18.2 Å². The van der Waals surface area contributed by atoms with Gasteiger partial charge < -0.3 is 15.1 Å². The average Bonchev–Trinajstić information content (AvgIpc) is 2.62. The number of nitrogens with one attached hydrogen (secondary N) is 1. The van der Waals surface area contributed by atoms with Crippen LogP contribution in [0.25, 0.3) is 0 Å². The van der Waals surface area contributed by atoms with Gasteiger partial charge in [0.1, 0.15) is 17.6 Å². The van der Waals surface area contributed by atoms with Crippen molar-refractivity contribution >= 4 is 17.5 Å². The summed E-state index contributed by atoms with van der Waals surface area (Å²) in [6, 6.07) is 8.44. The summed E-state index contributed by atoms with van der Waals surface area (Å²) < 4.78 is 14.2. The van der Waals surface area contributed by atoms with Crippen molar-refractivity contribution in [2.45, 2.75) is 6.04 Å². The number of halogens is 1. The Morgan fingerprint density at radius 3 is 2.80 bits per heavy atom. The van der Waals surface area contributed by atoms with E-state index >= 15 is 0 Å². The second kappa shape index (κ2) is 6.88. The zero-order valence-electron chi connectivity index (χ0n) is 14.1. The maximum Gasteiger partial charge on any atom is 0.273 e. The number of amides is 2. The number of hydrogen-bond donors (Lipinski definition) is 1. The van der Waals surface area contributed by atoms with Gasteiger partial charge in [-0.3, -0.25) is 14.6 Å². The van der Waals surface area contributed by atoms with Crippen LogP contribution in [0, 0.1) is 5.82 Å². The lowest BCUT2D eigenvalue weighted by Crippen LogP contribution is -2.52. The first-order chi connectivity index (χ1) is 12.0. The molecule has 130 valence electrons. The van der Waals surface area contributed by atoms with Gasteiger partial charge in [-0.15, -0.1) is 0 Å². The van der Waals surface area contributed by atoms with Crippen LogP contribution in [-0.4, -0.2) is 48.9 Å². The number of aromatic nitrogens is 1. The summed E-state index contributed by atoms with van der Waals surface area (Å²) in [5.41, 5.74) is 1.22. The first kappa shape index (κ1) is 16.9. The Hall–Kier alpha value is -2.96. The molecule has 0 saturated carbocycles. The molecule has 1 aromatic heterocycles. The van der Waals surface area contributed by atoms with Crippen LogP contribution in [0.2, 0.25) is 0 Å². The third-order valence-electron chi connectivity index (χ3n) is 4.15. The number of nitrogens with zero attached hydrogens (tertiary/aromatic N) is 3. The largest absolute Gasteiger partial charge is 0.378 e. The molecule has 1 saturated heterocycles. The van der Waals surface area contributed by atoms with E-state index in [1.54, 1.807) is 30.5 Å². The van der Waals surface area contributed by atoms with Crippen molar-refractivity contribution in [2.24, 2.45) is 0 Å². The van der Waals surface area contributed by atoms with Crippen molar-refractivity contribution in [3.63, 3.8) is 0 Å². The smallest absolute Gasteiger partial charge is 0.273 e. The predicted molar refractivity (Wildman–Crippen MR) is 91.8 cm³/mol. The summed E-state index contributed by atoms with van der Waals surface area (Å²) in [4.78, 5) is 32.7. The van der Waals surface area contributed by atoms with Crippen LogP contribution in [0.15, 0.2) is 42.6 Å². The number of anilines is 1. The first-order valence-corrected chi connectivity index (χ1v) is 7.95. The second-order valence-electron chi connectivity index (χ2n) is 6.01. The standard InChI is InChI=1S/C18H19FN4O2/c1-22(2)12-7-8-20-15(11-12)18(25)23-10-9-21-17(24)16(23)13-5-3-4-6-14(13)19/h3-8,11,16H,9-10H2,1-2H3,(H,21,24)/t16-/m1/s1. The predicted octanol–water partition coefficient (Wildman–Crippen LogP) is 1.60. The Kier molecular flexibility index (Phi) is 4.65. The fourth-order valence-electron chi connectivity index (χ4n) is 2.85. The van der Waals surface area contributed by atoms with Crippen LogP contribution in [0.4, 0.5) is 10.1 Å². The summed E-state index contributed by atoms with van der Waals surface area (Å²) >= 11 is 0. The molecule has 2 aromatic rings. The number of pyridine rings is 1. The fraction of sp³-hybridized carbons (Fsp3) is 0.278. The number of rotatable bonds is 3. The SMILES string of the molecule is CN(C)c1ccnc(C(=O)N2CCNC(=O)[C@H]2c2ccccc2F)c1. The fourth-order valence-corrected chi connectivity index (χ4v) is 2.85. The number of hydrogen-bond acceptors (Lipinski definition) is 4. The number of piperazine rings is 1. The molecule has 1 aliphatic rings. The number of carbonyl (C=O) groups excluding carboxylic acids is 2. The lowest BCUT2D eigenvalue weighted by atomic mass is 10.0. The topological polar surface area (TPSA) is 65.5 Å². The molecule has 2 amide bonds. The Labute approximate surface area is 145 Å². The van der Waals surface area contributed by atoms with Crippen LogP contribution in [0.3, 0.4) is 0 Å². The molecule has 1 N–H and O–H groups in total. The molecule has 1 aliphatic heterocycles. The summed E-state index contributed by atoms with van der Waals surface area (Å²) in [6.45, 7) is 0.611. The minimum absolute atomic E-state index is 0.178. The number of carbonyl (C=O) groups is 2. The van der Waals surface area contributed by atoms with Gasteiger partial charge in [0.2, 0.25) is 5.91 Å². The van der Waals surface area contributed by atoms with Crippen molar-refractivity contribution in [1.82, 2.24) is 15.2 Å². The molecule has 7 heteroatoms. The minimum Gasteiger partial charge on any atom is -0.378 e. The molecule has 1 atom stereocenters. The van der Waals surface area contributed by atoms with Crippen LogP contribution in [0.1, 0.15) is 22.1 Å². The van der Waals surface area contributed by atoms with E-state index in [1.165, 1.54) is 17.0 Å². The molecular weight excluding hydrogens is 323 g/mol. The highest BCUT2D eigenvalue weighted by Crippen LogP contribution is 2.27. The van der Waals surface area contributed by atoms with Crippen molar-refractivity contribution in [3.05, 3.63) is 59.7 Å². The van der Waals surface area contributed by atoms with Crippen LogP contribution < -0.4 is 10.2 Å².